The molecule has 0 fully saturated rings. The highest BCUT2D eigenvalue weighted by Gasteiger charge is 2.06. The third-order valence-corrected chi connectivity index (χ3v) is 2.37. The van der Waals surface area contributed by atoms with Crippen molar-refractivity contribution in [3.8, 4) is 5.75 Å². The molecule has 0 spiro atoms. The van der Waals surface area contributed by atoms with E-state index < -0.39 is 6.10 Å². The van der Waals surface area contributed by atoms with Crippen LogP contribution in [0.2, 0.25) is 0 Å². The van der Waals surface area contributed by atoms with Crippen LogP contribution in [0, 0.1) is 0 Å². The Balaban J connectivity index is 2.49. The molecule has 1 aromatic rings. The van der Waals surface area contributed by atoms with Gasteiger partial charge in [-0.1, -0.05) is 19.1 Å². The molecular weight excluding hydrogens is 204 g/mol. The molecule has 0 aliphatic rings. The van der Waals surface area contributed by atoms with Crippen molar-refractivity contribution in [3.63, 3.8) is 0 Å². The lowest BCUT2D eigenvalue weighted by Gasteiger charge is -2.11. The summed E-state index contributed by atoms with van der Waals surface area (Å²) in [4.78, 5) is 0. The predicted molar refractivity (Wildman–Crippen MR) is 63.5 cm³/mol. The summed E-state index contributed by atoms with van der Waals surface area (Å²) in [5.74, 6) is 0.833. The Morgan fingerprint density at radius 2 is 1.94 bits per heavy atom. The quantitative estimate of drug-likeness (QED) is 0.747. The first-order chi connectivity index (χ1) is 7.77. The van der Waals surface area contributed by atoms with Crippen molar-refractivity contribution < 1.29 is 14.9 Å². The van der Waals surface area contributed by atoms with Crippen LogP contribution in [0.3, 0.4) is 0 Å². The Kier molecular flexibility index (Phi) is 5.90. The molecule has 0 radical (unpaired) electrons. The van der Waals surface area contributed by atoms with E-state index >= 15 is 0 Å². The van der Waals surface area contributed by atoms with Gasteiger partial charge in [0.15, 0.2) is 0 Å². The average molecular weight is 224 g/mol. The molecule has 0 heterocycles. The van der Waals surface area contributed by atoms with E-state index in [9.17, 15) is 5.11 Å². The van der Waals surface area contributed by atoms with E-state index in [-0.39, 0.29) is 6.61 Å². The minimum absolute atomic E-state index is 0.120. The molecule has 0 saturated carbocycles. The Bertz CT molecular complexity index is 282. The number of aliphatic hydroxyl groups is 2. The van der Waals surface area contributed by atoms with Gasteiger partial charge in [-0.2, -0.15) is 0 Å². The summed E-state index contributed by atoms with van der Waals surface area (Å²) < 4.78 is 5.45. The summed E-state index contributed by atoms with van der Waals surface area (Å²) >= 11 is 0. The molecular formula is C13H20O3. The maximum absolute atomic E-state index is 9.77. The van der Waals surface area contributed by atoms with Crippen LogP contribution in [-0.2, 0) is 0 Å². The van der Waals surface area contributed by atoms with E-state index in [2.05, 4.69) is 6.92 Å². The van der Waals surface area contributed by atoms with E-state index in [1.54, 1.807) is 0 Å². The lowest BCUT2D eigenvalue weighted by atomic mass is 10.1. The SMILES string of the molecule is CCCOc1ccc(C(O)CCCO)cc1. The molecule has 0 saturated heterocycles. The number of ether oxygens (including phenoxy) is 1. The molecule has 0 aliphatic carbocycles. The van der Waals surface area contributed by atoms with Gasteiger partial charge in [0.25, 0.3) is 0 Å². The standard InChI is InChI=1S/C13H20O3/c1-2-10-16-12-7-5-11(6-8-12)13(15)4-3-9-14/h5-8,13-15H,2-4,9-10H2,1H3. The molecule has 2 N–H and O–H groups in total. The monoisotopic (exact) mass is 224 g/mol. The Labute approximate surface area is 96.7 Å². The lowest BCUT2D eigenvalue weighted by molar-refractivity contribution is 0.151. The Morgan fingerprint density at radius 3 is 2.50 bits per heavy atom. The van der Waals surface area contributed by atoms with Gasteiger partial charge in [0.05, 0.1) is 12.7 Å². The highest BCUT2D eigenvalue weighted by atomic mass is 16.5. The molecule has 0 amide bonds. The largest absolute Gasteiger partial charge is 0.494 e. The fourth-order valence-corrected chi connectivity index (χ4v) is 1.46. The van der Waals surface area contributed by atoms with Crippen LogP contribution < -0.4 is 4.74 Å². The van der Waals surface area contributed by atoms with Crippen LogP contribution >= 0.6 is 0 Å². The topological polar surface area (TPSA) is 49.7 Å². The van der Waals surface area contributed by atoms with Crippen LogP contribution in [0.15, 0.2) is 24.3 Å². The molecule has 90 valence electrons. The molecule has 0 aliphatic heterocycles. The van der Waals surface area contributed by atoms with E-state index in [4.69, 9.17) is 9.84 Å². The lowest BCUT2D eigenvalue weighted by Crippen LogP contribution is -1.99. The molecule has 1 unspecified atom stereocenters. The highest BCUT2D eigenvalue weighted by Crippen LogP contribution is 2.21. The summed E-state index contributed by atoms with van der Waals surface area (Å²) in [5.41, 5.74) is 0.872. The molecule has 1 atom stereocenters. The third-order valence-electron chi connectivity index (χ3n) is 2.37. The summed E-state index contributed by atoms with van der Waals surface area (Å²) in [6, 6.07) is 7.47. The summed E-state index contributed by atoms with van der Waals surface area (Å²) in [7, 11) is 0. The fourth-order valence-electron chi connectivity index (χ4n) is 1.46. The average Bonchev–Trinajstić information content (AvgIpc) is 2.34. The van der Waals surface area contributed by atoms with Gasteiger partial charge in [-0.15, -0.1) is 0 Å². The van der Waals surface area contributed by atoms with Gasteiger partial charge >= 0.3 is 0 Å². The predicted octanol–water partition coefficient (Wildman–Crippen LogP) is 2.28. The van der Waals surface area contributed by atoms with Gasteiger partial charge in [-0.25, -0.2) is 0 Å². The molecule has 0 bridgehead atoms. The van der Waals surface area contributed by atoms with E-state index in [0.717, 1.165) is 17.7 Å². The number of hydrogen-bond acceptors (Lipinski definition) is 3. The zero-order valence-corrected chi connectivity index (χ0v) is 9.72. The van der Waals surface area contributed by atoms with Gasteiger partial charge < -0.3 is 14.9 Å². The number of hydrogen-bond donors (Lipinski definition) is 2. The molecule has 16 heavy (non-hydrogen) atoms. The van der Waals surface area contributed by atoms with Crippen molar-refractivity contribution >= 4 is 0 Å². The minimum atomic E-state index is -0.493. The van der Waals surface area contributed by atoms with Crippen molar-refractivity contribution in [2.75, 3.05) is 13.2 Å². The smallest absolute Gasteiger partial charge is 0.119 e. The van der Waals surface area contributed by atoms with Crippen molar-refractivity contribution in [2.24, 2.45) is 0 Å². The Morgan fingerprint density at radius 1 is 1.25 bits per heavy atom. The van der Waals surface area contributed by atoms with Gasteiger partial charge in [-0.05, 0) is 37.0 Å². The summed E-state index contributed by atoms with van der Waals surface area (Å²) in [6.07, 6.45) is 1.70. The fraction of sp³-hybridized carbons (Fsp3) is 0.538. The zero-order valence-electron chi connectivity index (χ0n) is 9.72. The Hall–Kier alpha value is -1.06. The van der Waals surface area contributed by atoms with Crippen LogP contribution in [0.5, 0.6) is 5.75 Å². The molecule has 0 aromatic heterocycles. The number of rotatable bonds is 7. The van der Waals surface area contributed by atoms with E-state index in [1.807, 2.05) is 24.3 Å². The van der Waals surface area contributed by atoms with E-state index in [1.165, 1.54) is 0 Å². The van der Waals surface area contributed by atoms with Crippen molar-refractivity contribution in [1.82, 2.24) is 0 Å². The van der Waals surface area contributed by atoms with Crippen LogP contribution in [0.25, 0.3) is 0 Å². The maximum Gasteiger partial charge on any atom is 0.119 e. The number of aliphatic hydroxyl groups excluding tert-OH is 2. The van der Waals surface area contributed by atoms with E-state index in [0.29, 0.717) is 19.4 Å². The second-order valence-electron chi connectivity index (χ2n) is 3.80. The minimum Gasteiger partial charge on any atom is -0.494 e. The molecule has 3 heteroatoms. The van der Waals surface area contributed by atoms with Gasteiger partial charge in [0.1, 0.15) is 5.75 Å². The van der Waals surface area contributed by atoms with Crippen molar-refractivity contribution in [2.45, 2.75) is 32.3 Å². The molecule has 1 aromatic carbocycles. The third kappa shape index (κ3) is 4.21. The van der Waals surface area contributed by atoms with Gasteiger partial charge in [0.2, 0.25) is 0 Å². The molecule has 3 nitrogen and oxygen atoms in total. The first-order valence-corrected chi connectivity index (χ1v) is 5.79. The van der Waals surface area contributed by atoms with Crippen molar-refractivity contribution in [1.29, 1.82) is 0 Å². The summed E-state index contributed by atoms with van der Waals surface area (Å²) in [6.45, 7) is 2.90. The van der Waals surface area contributed by atoms with Crippen LogP contribution in [0.1, 0.15) is 37.9 Å². The number of benzene rings is 1. The molecule has 1 rings (SSSR count). The normalized spacial score (nSPS) is 12.4. The van der Waals surface area contributed by atoms with Crippen LogP contribution in [0.4, 0.5) is 0 Å². The van der Waals surface area contributed by atoms with Crippen LogP contribution in [-0.4, -0.2) is 23.4 Å². The van der Waals surface area contributed by atoms with Crippen molar-refractivity contribution in [3.05, 3.63) is 29.8 Å². The van der Waals surface area contributed by atoms with Gasteiger partial charge in [-0.3, -0.25) is 0 Å². The maximum atomic E-state index is 9.77. The van der Waals surface area contributed by atoms with Gasteiger partial charge in [0, 0.05) is 6.61 Å². The second kappa shape index (κ2) is 7.25. The highest BCUT2D eigenvalue weighted by molar-refractivity contribution is 5.28. The first kappa shape index (κ1) is 13.0. The summed E-state index contributed by atoms with van der Waals surface area (Å²) in [5, 5.41) is 18.4. The zero-order chi connectivity index (χ0) is 11.8. The second-order valence-corrected chi connectivity index (χ2v) is 3.80. The first-order valence-electron chi connectivity index (χ1n) is 5.79.